The molecule has 3 aromatic carbocycles. The molecule has 1 saturated carbocycles. The van der Waals surface area contributed by atoms with Crippen molar-refractivity contribution < 1.29 is 24.2 Å². The number of ether oxygens (including phenoxy) is 1. The highest BCUT2D eigenvalue weighted by Crippen LogP contribution is 2.44. The molecule has 2 aliphatic carbocycles. The zero-order chi connectivity index (χ0) is 24.6. The summed E-state index contributed by atoms with van der Waals surface area (Å²) in [5, 5.41) is 14.8. The van der Waals surface area contributed by atoms with E-state index in [0.717, 1.165) is 28.7 Å². The molecule has 3 N–H and O–H groups in total. The number of halogens is 1. The Morgan fingerprint density at radius 2 is 1.60 bits per heavy atom. The maximum Gasteiger partial charge on any atom is 0.408 e. The molecule has 35 heavy (non-hydrogen) atoms. The average molecular weight is 535 g/mol. The lowest BCUT2D eigenvalue weighted by Gasteiger charge is -2.40. The van der Waals surface area contributed by atoms with Crippen LogP contribution in [0.4, 0.5) is 10.5 Å². The van der Waals surface area contributed by atoms with Crippen LogP contribution in [-0.2, 0) is 9.53 Å². The predicted octanol–water partition coefficient (Wildman–Crippen LogP) is 5.55. The number of amides is 2. The van der Waals surface area contributed by atoms with Crippen molar-refractivity contribution in [1.82, 2.24) is 5.32 Å². The number of rotatable bonds is 6. The van der Waals surface area contributed by atoms with Crippen molar-refractivity contribution in [3.63, 3.8) is 0 Å². The second-order valence-corrected chi connectivity index (χ2v) is 9.69. The Bertz CT molecular complexity index is 1290. The molecule has 8 heteroatoms. The number of carboxylic acid groups (broad SMARTS) is 1. The van der Waals surface area contributed by atoms with Gasteiger partial charge in [0.15, 0.2) is 0 Å². The minimum atomic E-state index is -1.11. The van der Waals surface area contributed by atoms with Gasteiger partial charge in [0.05, 0.1) is 5.56 Å². The monoisotopic (exact) mass is 534 g/mol. The van der Waals surface area contributed by atoms with Gasteiger partial charge >= 0.3 is 12.1 Å². The molecule has 178 valence electrons. The van der Waals surface area contributed by atoms with E-state index in [-0.39, 0.29) is 18.1 Å². The van der Waals surface area contributed by atoms with Crippen LogP contribution in [0.3, 0.4) is 0 Å². The Hall–Kier alpha value is -3.65. The fourth-order valence-electron chi connectivity index (χ4n) is 4.79. The van der Waals surface area contributed by atoms with E-state index in [1.54, 1.807) is 12.1 Å². The molecule has 1 fully saturated rings. The molecule has 0 aliphatic heterocycles. The number of hydrogen-bond acceptors (Lipinski definition) is 4. The maximum absolute atomic E-state index is 13.1. The number of carboxylic acids is 1. The van der Waals surface area contributed by atoms with Crippen molar-refractivity contribution in [2.75, 3.05) is 11.9 Å². The molecular formula is C27H23BrN2O5. The van der Waals surface area contributed by atoms with Crippen LogP contribution >= 0.6 is 15.9 Å². The molecule has 2 amide bonds. The van der Waals surface area contributed by atoms with Gasteiger partial charge in [0.2, 0.25) is 5.91 Å². The van der Waals surface area contributed by atoms with Gasteiger partial charge in [-0.2, -0.15) is 0 Å². The molecule has 7 nitrogen and oxygen atoms in total. The minimum Gasteiger partial charge on any atom is -0.478 e. The van der Waals surface area contributed by atoms with Gasteiger partial charge in [-0.3, -0.25) is 4.79 Å². The summed E-state index contributed by atoms with van der Waals surface area (Å²) in [4.78, 5) is 37.2. The largest absolute Gasteiger partial charge is 0.478 e. The van der Waals surface area contributed by atoms with Gasteiger partial charge in [-0.05, 0) is 75.6 Å². The molecule has 0 unspecified atom stereocenters. The molecule has 0 bridgehead atoms. The van der Waals surface area contributed by atoms with E-state index in [1.165, 1.54) is 6.07 Å². The van der Waals surface area contributed by atoms with Crippen LogP contribution < -0.4 is 10.6 Å². The van der Waals surface area contributed by atoms with Gasteiger partial charge in [0.25, 0.3) is 0 Å². The standard InChI is InChI=1S/C27H23BrN2O5/c28-23-11-10-16(14-21(23)24(31)32)29-25(33)27(12-5-13-27)30-26(34)35-15-22-19-8-3-1-6-17(19)18-7-2-4-9-20(18)22/h1-4,6-11,14,22H,5,12-13,15H2,(H,29,33)(H,30,34)(H,31,32). The van der Waals surface area contributed by atoms with Crippen molar-refractivity contribution in [1.29, 1.82) is 0 Å². The third kappa shape index (κ3) is 4.30. The number of carbonyl (C=O) groups is 3. The Morgan fingerprint density at radius 1 is 0.971 bits per heavy atom. The molecule has 0 heterocycles. The molecule has 0 spiro atoms. The van der Waals surface area contributed by atoms with E-state index in [1.807, 2.05) is 36.4 Å². The lowest BCUT2D eigenvalue weighted by Crippen LogP contribution is -2.61. The summed E-state index contributed by atoms with van der Waals surface area (Å²) >= 11 is 3.19. The number of carbonyl (C=O) groups excluding carboxylic acids is 2. The summed E-state index contributed by atoms with van der Waals surface area (Å²) in [6, 6.07) is 20.7. The molecule has 0 aromatic heterocycles. The third-order valence-electron chi connectivity index (χ3n) is 6.78. The van der Waals surface area contributed by atoms with E-state index in [9.17, 15) is 19.5 Å². The smallest absolute Gasteiger partial charge is 0.408 e. The Balaban J connectivity index is 1.26. The van der Waals surface area contributed by atoms with E-state index in [4.69, 9.17) is 4.74 Å². The quantitative estimate of drug-likeness (QED) is 0.384. The highest BCUT2D eigenvalue weighted by molar-refractivity contribution is 9.10. The number of alkyl carbamates (subject to hydrolysis) is 1. The highest BCUT2D eigenvalue weighted by Gasteiger charge is 2.46. The summed E-state index contributed by atoms with van der Waals surface area (Å²) in [6.45, 7) is 0.159. The molecule has 0 atom stereocenters. The molecule has 2 aliphatic rings. The van der Waals surface area contributed by atoms with Crippen LogP contribution in [0, 0.1) is 0 Å². The Morgan fingerprint density at radius 3 is 2.17 bits per heavy atom. The first-order valence-electron chi connectivity index (χ1n) is 11.4. The number of fused-ring (bicyclic) bond motifs is 3. The van der Waals surface area contributed by atoms with Crippen molar-refractivity contribution in [2.45, 2.75) is 30.7 Å². The number of anilines is 1. The van der Waals surface area contributed by atoms with Gasteiger partial charge in [-0.1, -0.05) is 48.5 Å². The van der Waals surface area contributed by atoms with Gasteiger partial charge in [-0.15, -0.1) is 0 Å². The van der Waals surface area contributed by atoms with Crippen LogP contribution in [0.5, 0.6) is 0 Å². The molecule has 0 radical (unpaired) electrons. The second kappa shape index (κ2) is 9.19. The summed E-state index contributed by atoms with van der Waals surface area (Å²) < 4.78 is 6.04. The fraction of sp³-hybridized carbons (Fsp3) is 0.222. The molecular weight excluding hydrogens is 512 g/mol. The third-order valence-corrected chi connectivity index (χ3v) is 7.47. The normalized spacial score (nSPS) is 15.3. The zero-order valence-electron chi connectivity index (χ0n) is 18.7. The van der Waals surface area contributed by atoms with E-state index >= 15 is 0 Å². The summed E-state index contributed by atoms with van der Waals surface area (Å²) in [5.41, 5.74) is 3.80. The zero-order valence-corrected chi connectivity index (χ0v) is 20.3. The lowest BCUT2D eigenvalue weighted by molar-refractivity contribution is -0.125. The summed E-state index contributed by atoms with van der Waals surface area (Å²) in [7, 11) is 0. The first-order chi connectivity index (χ1) is 16.9. The topological polar surface area (TPSA) is 105 Å². The number of benzene rings is 3. The number of nitrogens with one attached hydrogen (secondary N) is 2. The molecule has 3 aromatic rings. The van der Waals surface area contributed by atoms with Gasteiger partial charge in [0, 0.05) is 16.1 Å². The molecule has 0 saturated heterocycles. The van der Waals surface area contributed by atoms with Crippen molar-refractivity contribution in [3.05, 3.63) is 87.9 Å². The fourth-order valence-corrected chi connectivity index (χ4v) is 5.20. The maximum atomic E-state index is 13.1. The van der Waals surface area contributed by atoms with Crippen LogP contribution in [0.15, 0.2) is 71.2 Å². The molecule has 5 rings (SSSR count). The second-order valence-electron chi connectivity index (χ2n) is 8.84. The minimum absolute atomic E-state index is 0.0370. The van der Waals surface area contributed by atoms with Crippen LogP contribution in [0.1, 0.15) is 46.7 Å². The first-order valence-corrected chi connectivity index (χ1v) is 12.1. The van der Waals surface area contributed by atoms with Gasteiger partial charge < -0.3 is 20.5 Å². The van der Waals surface area contributed by atoms with Crippen molar-refractivity contribution >= 4 is 39.6 Å². The SMILES string of the molecule is O=C(NC1(C(=O)Nc2ccc(Br)c(C(=O)O)c2)CCC1)OCC1c2ccccc2-c2ccccc21. The van der Waals surface area contributed by atoms with Crippen LogP contribution in [0.2, 0.25) is 0 Å². The van der Waals surface area contributed by atoms with Crippen molar-refractivity contribution in [2.24, 2.45) is 0 Å². The average Bonchev–Trinajstić information content (AvgIpc) is 3.15. The Kier molecular flexibility index (Phi) is 6.06. The van der Waals surface area contributed by atoms with Crippen molar-refractivity contribution in [3.8, 4) is 11.1 Å². The Labute approximate surface area is 210 Å². The summed E-state index contributed by atoms with van der Waals surface area (Å²) in [6.07, 6.45) is 1.10. The van der Waals surface area contributed by atoms with E-state index in [2.05, 4.69) is 38.7 Å². The first kappa shape index (κ1) is 23.1. The van der Waals surface area contributed by atoms with Crippen LogP contribution in [0.25, 0.3) is 11.1 Å². The van der Waals surface area contributed by atoms with Gasteiger partial charge in [0.1, 0.15) is 12.1 Å². The predicted molar refractivity (Wildman–Crippen MR) is 135 cm³/mol. The lowest BCUT2D eigenvalue weighted by atomic mass is 9.76. The number of hydrogen-bond donors (Lipinski definition) is 3. The van der Waals surface area contributed by atoms with Gasteiger partial charge in [-0.25, -0.2) is 9.59 Å². The van der Waals surface area contributed by atoms with E-state index < -0.39 is 23.5 Å². The van der Waals surface area contributed by atoms with Crippen LogP contribution in [-0.4, -0.2) is 35.2 Å². The number of aromatic carboxylic acids is 1. The van der Waals surface area contributed by atoms with E-state index in [0.29, 0.717) is 23.0 Å². The highest BCUT2D eigenvalue weighted by atomic mass is 79.9. The summed E-state index contributed by atoms with van der Waals surface area (Å²) in [5.74, 6) is -1.57.